The summed E-state index contributed by atoms with van der Waals surface area (Å²) < 4.78 is 0. The molecule has 2 aromatic rings. The summed E-state index contributed by atoms with van der Waals surface area (Å²) in [7, 11) is 0. The number of nitrogens with zero attached hydrogens (tertiary/aromatic N) is 1. The molecule has 2 N–H and O–H groups in total. The monoisotopic (exact) mass is 273 g/mol. The Kier molecular flexibility index (Phi) is 3.55. The summed E-state index contributed by atoms with van der Waals surface area (Å²) in [5.74, 6) is 0.954. The van der Waals surface area contributed by atoms with Gasteiger partial charge in [-0.15, -0.1) is 11.8 Å². The van der Waals surface area contributed by atoms with Crippen LogP contribution in [0.4, 0.5) is 0 Å². The predicted molar refractivity (Wildman–Crippen MR) is 75.2 cm³/mol. The van der Waals surface area contributed by atoms with Crippen LogP contribution < -0.4 is 5.32 Å². The molecule has 3 rings (SSSR count). The van der Waals surface area contributed by atoms with Crippen molar-refractivity contribution in [2.45, 2.75) is 17.2 Å². The van der Waals surface area contributed by atoms with Crippen LogP contribution in [0.2, 0.25) is 0 Å². The van der Waals surface area contributed by atoms with Crippen LogP contribution in [0.1, 0.15) is 17.2 Å². The number of nitrogens with one attached hydrogen (secondary N) is 2. The maximum absolute atomic E-state index is 12.2. The molecule has 0 bridgehead atoms. The van der Waals surface area contributed by atoms with E-state index in [2.05, 4.69) is 27.4 Å². The van der Waals surface area contributed by atoms with E-state index in [0.717, 1.165) is 23.4 Å². The highest BCUT2D eigenvalue weighted by molar-refractivity contribution is 7.99. The number of hydrogen-bond acceptors (Lipinski definition) is 3. The van der Waals surface area contributed by atoms with E-state index in [-0.39, 0.29) is 11.8 Å². The van der Waals surface area contributed by atoms with Crippen molar-refractivity contribution in [1.29, 1.82) is 0 Å². The molecule has 1 unspecified atom stereocenters. The lowest BCUT2D eigenvalue weighted by molar-refractivity contribution is -0.122. The summed E-state index contributed by atoms with van der Waals surface area (Å²) in [6.45, 7) is 0.643. The Morgan fingerprint density at radius 3 is 3.21 bits per heavy atom. The maximum atomic E-state index is 12.2. The van der Waals surface area contributed by atoms with E-state index < -0.39 is 0 Å². The molecule has 19 heavy (non-hydrogen) atoms. The van der Waals surface area contributed by atoms with Crippen LogP contribution in [0.3, 0.4) is 0 Å². The molecule has 5 heteroatoms. The van der Waals surface area contributed by atoms with Crippen LogP contribution in [-0.2, 0) is 11.2 Å². The Morgan fingerprint density at radius 1 is 1.47 bits per heavy atom. The number of H-pyrrole nitrogens is 1. The molecule has 1 amide bonds. The molecule has 0 aliphatic carbocycles. The van der Waals surface area contributed by atoms with E-state index in [9.17, 15) is 4.79 Å². The van der Waals surface area contributed by atoms with Crippen molar-refractivity contribution in [3.05, 3.63) is 48.0 Å². The van der Waals surface area contributed by atoms with E-state index in [1.165, 1.54) is 4.90 Å². The molecular formula is C14H15N3OS. The number of aromatic nitrogens is 2. The van der Waals surface area contributed by atoms with Crippen molar-refractivity contribution < 1.29 is 4.79 Å². The van der Waals surface area contributed by atoms with E-state index in [4.69, 9.17) is 0 Å². The zero-order valence-corrected chi connectivity index (χ0v) is 11.2. The molecule has 1 atom stereocenters. The number of benzene rings is 1. The Morgan fingerprint density at radius 2 is 2.37 bits per heavy atom. The van der Waals surface area contributed by atoms with Crippen molar-refractivity contribution in [3.8, 4) is 0 Å². The first-order valence-corrected chi connectivity index (χ1v) is 7.30. The number of rotatable bonds is 4. The van der Waals surface area contributed by atoms with Crippen LogP contribution in [0.15, 0.2) is 41.7 Å². The average Bonchev–Trinajstić information content (AvgIpc) is 3.07. The first-order valence-electron chi connectivity index (χ1n) is 6.31. The van der Waals surface area contributed by atoms with Gasteiger partial charge in [0.25, 0.3) is 0 Å². The van der Waals surface area contributed by atoms with Crippen LogP contribution in [0.5, 0.6) is 0 Å². The summed E-state index contributed by atoms with van der Waals surface area (Å²) >= 11 is 1.76. The summed E-state index contributed by atoms with van der Waals surface area (Å²) in [6.07, 6.45) is 4.22. The summed E-state index contributed by atoms with van der Waals surface area (Å²) in [4.78, 5) is 20.4. The molecule has 0 saturated heterocycles. The molecule has 1 aromatic carbocycles. The van der Waals surface area contributed by atoms with Gasteiger partial charge in [0.05, 0.1) is 12.2 Å². The van der Waals surface area contributed by atoms with E-state index in [1.54, 1.807) is 24.3 Å². The first-order chi connectivity index (χ1) is 9.34. The van der Waals surface area contributed by atoms with Crippen molar-refractivity contribution in [1.82, 2.24) is 15.3 Å². The van der Waals surface area contributed by atoms with E-state index in [0.29, 0.717) is 6.54 Å². The van der Waals surface area contributed by atoms with Crippen LogP contribution in [-0.4, -0.2) is 28.2 Å². The van der Waals surface area contributed by atoms with Crippen molar-refractivity contribution in [3.63, 3.8) is 0 Å². The van der Waals surface area contributed by atoms with Gasteiger partial charge in [-0.05, 0) is 11.6 Å². The van der Waals surface area contributed by atoms with E-state index >= 15 is 0 Å². The Bertz CT molecular complexity index is 568. The standard InChI is InChI=1S/C14H15N3OS/c18-14(16-6-5-10-7-15-9-17-10)12-8-19-13-4-2-1-3-11(12)13/h1-4,7,9,12H,5-6,8H2,(H,15,17)(H,16,18). The third-order valence-corrected chi connectivity index (χ3v) is 4.45. The fourth-order valence-electron chi connectivity index (χ4n) is 2.24. The number of hydrogen-bond donors (Lipinski definition) is 2. The number of carbonyl (C=O) groups is 1. The molecule has 1 aliphatic heterocycles. The molecular weight excluding hydrogens is 258 g/mol. The van der Waals surface area contributed by atoms with Gasteiger partial charge in [0, 0.05) is 35.5 Å². The number of carbonyl (C=O) groups excluding carboxylic acids is 1. The lowest BCUT2D eigenvalue weighted by atomic mass is 10.0. The highest BCUT2D eigenvalue weighted by atomic mass is 32.2. The van der Waals surface area contributed by atoms with Crippen LogP contribution in [0.25, 0.3) is 0 Å². The molecule has 2 heterocycles. The SMILES string of the molecule is O=C(NCCc1cnc[nH]1)C1CSc2ccccc21. The number of imidazole rings is 1. The quantitative estimate of drug-likeness (QED) is 0.895. The molecule has 4 nitrogen and oxygen atoms in total. The van der Waals surface area contributed by atoms with Crippen molar-refractivity contribution >= 4 is 17.7 Å². The number of aromatic amines is 1. The second-order valence-corrected chi connectivity index (χ2v) is 5.58. The van der Waals surface area contributed by atoms with Gasteiger partial charge in [-0.1, -0.05) is 18.2 Å². The molecule has 0 spiro atoms. The molecule has 1 aromatic heterocycles. The minimum absolute atomic E-state index is 0.0111. The van der Waals surface area contributed by atoms with Crippen LogP contribution >= 0.6 is 11.8 Å². The first kappa shape index (κ1) is 12.3. The molecule has 1 aliphatic rings. The second kappa shape index (κ2) is 5.48. The van der Waals surface area contributed by atoms with Gasteiger partial charge < -0.3 is 10.3 Å². The van der Waals surface area contributed by atoms with Gasteiger partial charge in [-0.2, -0.15) is 0 Å². The lowest BCUT2D eigenvalue weighted by Crippen LogP contribution is -2.31. The summed E-state index contributed by atoms with van der Waals surface area (Å²) in [5.41, 5.74) is 2.20. The average molecular weight is 273 g/mol. The van der Waals surface area contributed by atoms with Crippen LogP contribution in [0, 0.1) is 0 Å². The second-order valence-electron chi connectivity index (χ2n) is 4.52. The maximum Gasteiger partial charge on any atom is 0.228 e. The van der Waals surface area contributed by atoms with Gasteiger partial charge in [0.15, 0.2) is 0 Å². The highest BCUT2D eigenvalue weighted by Gasteiger charge is 2.28. The van der Waals surface area contributed by atoms with Gasteiger partial charge >= 0.3 is 0 Å². The normalized spacial score (nSPS) is 17.2. The van der Waals surface area contributed by atoms with Gasteiger partial charge in [-0.25, -0.2) is 4.98 Å². The smallest absolute Gasteiger partial charge is 0.228 e. The molecule has 0 radical (unpaired) electrons. The highest BCUT2D eigenvalue weighted by Crippen LogP contribution is 2.39. The van der Waals surface area contributed by atoms with Crippen molar-refractivity contribution in [2.24, 2.45) is 0 Å². The van der Waals surface area contributed by atoms with Gasteiger partial charge in [-0.3, -0.25) is 4.79 Å². The predicted octanol–water partition coefficient (Wildman–Crippen LogP) is 1.96. The van der Waals surface area contributed by atoms with Crippen molar-refractivity contribution in [2.75, 3.05) is 12.3 Å². The summed E-state index contributed by atoms with van der Waals surface area (Å²) in [5, 5.41) is 3.00. The minimum atomic E-state index is -0.0111. The summed E-state index contributed by atoms with van der Waals surface area (Å²) in [6, 6.07) is 8.15. The van der Waals surface area contributed by atoms with Gasteiger partial charge in [0.1, 0.15) is 0 Å². The lowest BCUT2D eigenvalue weighted by Gasteiger charge is -2.11. The zero-order chi connectivity index (χ0) is 13.1. The topological polar surface area (TPSA) is 57.8 Å². The largest absolute Gasteiger partial charge is 0.355 e. The molecule has 0 saturated carbocycles. The zero-order valence-electron chi connectivity index (χ0n) is 10.4. The number of fused-ring (bicyclic) bond motifs is 1. The number of amides is 1. The fourth-order valence-corrected chi connectivity index (χ4v) is 3.47. The minimum Gasteiger partial charge on any atom is -0.355 e. The molecule has 98 valence electrons. The Labute approximate surface area is 116 Å². The number of thioether (sulfide) groups is 1. The third-order valence-electron chi connectivity index (χ3n) is 3.26. The molecule has 0 fully saturated rings. The van der Waals surface area contributed by atoms with E-state index in [1.807, 2.05) is 12.1 Å². The van der Waals surface area contributed by atoms with Gasteiger partial charge in [0.2, 0.25) is 5.91 Å². The Hall–Kier alpha value is -1.75. The Balaban J connectivity index is 1.57. The fraction of sp³-hybridized carbons (Fsp3) is 0.286. The third kappa shape index (κ3) is 2.66.